The lowest BCUT2D eigenvalue weighted by Gasteiger charge is -2.05. The SMILES string of the molecule is Cc1ccc(CSc2nnc(NC(=O)COc3ccc(C)cc3)s2)cc1. The Morgan fingerprint density at radius 2 is 1.69 bits per heavy atom. The van der Waals surface area contributed by atoms with Crippen molar-refractivity contribution in [1.82, 2.24) is 10.2 Å². The molecule has 0 spiro atoms. The lowest BCUT2D eigenvalue weighted by molar-refractivity contribution is -0.118. The van der Waals surface area contributed by atoms with Gasteiger partial charge >= 0.3 is 0 Å². The molecule has 134 valence electrons. The van der Waals surface area contributed by atoms with Crippen LogP contribution < -0.4 is 10.1 Å². The second-order valence-electron chi connectivity index (χ2n) is 5.80. The van der Waals surface area contributed by atoms with E-state index in [0.29, 0.717) is 10.9 Å². The Hall–Kier alpha value is -2.38. The summed E-state index contributed by atoms with van der Waals surface area (Å²) in [5, 5.41) is 11.3. The van der Waals surface area contributed by atoms with Crippen LogP contribution in [-0.2, 0) is 10.5 Å². The molecule has 7 heteroatoms. The predicted octanol–water partition coefficient (Wildman–Crippen LogP) is 4.46. The number of rotatable bonds is 7. The highest BCUT2D eigenvalue weighted by atomic mass is 32.2. The van der Waals surface area contributed by atoms with Gasteiger partial charge in [0.2, 0.25) is 5.13 Å². The molecule has 1 amide bonds. The van der Waals surface area contributed by atoms with Crippen molar-refractivity contribution in [3.8, 4) is 5.75 Å². The van der Waals surface area contributed by atoms with Crippen molar-refractivity contribution in [3.05, 3.63) is 65.2 Å². The fraction of sp³-hybridized carbons (Fsp3) is 0.211. The number of aromatic nitrogens is 2. The second-order valence-corrected chi connectivity index (χ2v) is 8.00. The summed E-state index contributed by atoms with van der Waals surface area (Å²) in [5.74, 6) is 1.23. The van der Waals surface area contributed by atoms with E-state index in [4.69, 9.17) is 4.74 Å². The van der Waals surface area contributed by atoms with Gasteiger partial charge in [-0.3, -0.25) is 10.1 Å². The number of hydrogen-bond acceptors (Lipinski definition) is 6. The van der Waals surface area contributed by atoms with E-state index in [0.717, 1.165) is 15.7 Å². The minimum absolute atomic E-state index is 0.0610. The van der Waals surface area contributed by atoms with E-state index in [1.807, 2.05) is 31.2 Å². The molecule has 0 aliphatic carbocycles. The Balaban J connectivity index is 1.45. The quantitative estimate of drug-likeness (QED) is 0.480. The van der Waals surface area contributed by atoms with Gasteiger partial charge < -0.3 is 4.74 Å². The average molecular weight is 386 g/mol. The van der Waals surface area contributed by atoms with E-state index < -0.39 is 0 Å². The lowest BCUT2D eigenvalue weighted by atomic mass is 10.2. The first kappa shape index (κ1) is 18.4. The average Bonchev–Trinajstić information content (AvgIpc) is 3.08. The number of ether oxygens (including phenoxy) is 1. The van der Waals surface area contributed by atoms with Gasteiger partial charge in [-0.15, -0.1) is 10.2 Å². The Labute approximate surface area is 160 Å². The number of amides is 1. The largest absolute Gasteiger partial charge is 0.484 e. The minimum atomic E-state index is -0.253. The van der Waals surface area contributed by atoms with Crippen molar-refractivity contribution in [2.24, 2.45) is 0 Å². The standard InChI is InChI=1S/C19H19N3O2S2/c1-13-3-7-15(8-4-13)12-25-19-22-21-18(26-19)20-17(23)11-24-16-9-5-14(2)6-10-16/h3-10H,11-12H2,1-2H3,(H,20,21,23). The molecule has 0 unspecified atom stereocenters. The zero-order chi connectivity index (χ0) is 18.4. The van der Waals surface area contributed by atoms with Gasteiger partial charge in [0.15, 0.2) is 10.9 Å². The van der Waals surface area contributed by atoms with Crippen LogP contribution in [0.15, 0.2) is 52.9 Å². The molecule has 3 aromatic rings. The molecular formula is C19H19N3O2S2. The summed E-state index contributed by atoms with van der Waals surface area (Å²) in [5.41, 5.74) is 3.62. The molecule has 0 bridgehead atoms. The first-order chi connectivity index (χ1) is 12.6. The number of carbonyl (C=O) groups is 1. The summed E-state index contributed by atoms with van der Waals surface area (Å²) in [6.45, 7) is 4.01. The van der Waals surface area contributed by atoms with Crippen molar-refractivity contribution in [2.75, 3.05) is 11.9 Å². The van der Waals surface area contributed by atoms with E-state index in [1.54, 1.807) is 11.8 Å². The summed E-state index contributed by atoms with van der Waals surface area (Å²) in [4.78, 5) is 12.0. The number of thioether (sulfide) groups is 1. The summed E-state index contributed by atoms with van der Waals surface area (Å²) in [6.07, 6.45) is 0. The molecule has 0 aliphatic heterocycles. The normalized spacial score (nSPS) is 10.5. The molecule has 0 saturated carbocycles. The fourth-order valence-electron chi connectivity index (χ4n) is 2.09. The molecule has 0 fully saturated rings. The third-order valence-corrected chi connectivity index (χ3v) is 5.57. The summed E-state index contributed by atoms with van der Waals surface area (Å²) in [7, 11) is 0. The maximum absolute atomic E-state index is 12.0. The Morgan fingerprint density at radius 3 is 2.38 bits per heavy atom. The van der Waals surface area contributed by atoms with Crippen LogP contribution in [0.5, 0.6) is 5.75 Å². The van der Waals surface area contributed by atoms with Crippen LogP contribution >= 0.6 is 23.1 Å². The first-order valence-corrected chi connectivity index (χ1v) is 9.90. The highest BCUT2D eigenvalue weighted by Gasteiger charge is 2.09. The van der Waals surface area contributed by atoms with Gasteiger partial charge in [-0.05, 0) is 31.5 Å². The number of aryl methyl sites for hydroxylation is 2. The van der Waals surface area contributed by atoms with Crippen LogP contribution in [0, 0.1) is 13.8 Å². The number of nitrogens with zero attached hydrogens (tertiary/aromatic N) is 2. The van der Waals surface area contributed by atoms with Crippen molar-refractivity contribution in [3.63, 3.8) is 0 Å². The molecule has 1 heterocycles. The molecule has 3 rings (SSSR count). The number of anilines is 1. The number of benzene rings is 2. The highest BCUT2D eigenvalue weighted by Crippen LogP contribution is 2.28. The number of nitrogens with one attached hydrogen (secondary N) is 1. The Kier molecular flexibility index (Phi) is 6.25. The summed E-state index contributed by atoms with van der Waals surface area (Å²) < 4.78 is 6.28. The van der Waals surface area contributed by atoms with E-state index in [1.165, 1.54) is 22.5 Å². The van der Waals surface area contributed by atoms with Gasteiger partial charge in [0.1, 0.15) is 5.75 Å². The minimum Gasteiger partial charge on any atom is -0.484 e. The topological polar surface area (TPSA) is 64.1 Å². The summed E-state index contributed by atoms with van der Waals surface area (Å²) >= 11 is 2.96. The first-order valence-electron chi connectivity index (χ1n) is 8.10. The van der Waals surface area contributed by atoms with Crippen molar-refractivity contribution < 1.29 is 9.53 Å². The predicted molar refractivity (Wildman–Crippen MR) is 106 cm³/mol. The monoisotopic (exact) mass is 385 g/mol. The van der Waals surface area contributed by atoms with E-state index >= 15 is 0 Å². The third kappa shape index (κ3) is 5.57. The smallest absolute Gasteiger partial charge is 0.264 e. The van der Waals surface area contributed by atoms with Crippen LogP contribution in [0.4, 0.5) is 5.13 Å². The lowest BCUT2D eigenvalue weighted by Crippen LogP contribution is -2.20. The zero-order valence-electron chi connectivity index (χ0n) is 14.6. The van der Waals surface area contributed by atoms with E-state index in [2.05, 4.69) is 46.7 Å². The number of carbonyl (C=O) groups excluding carboxylic acids is 1. The molecular weight excluding hydrogens is 366 g/mol. The molecule has 5 nitrogen and oxygen atoms in total. The van der Waals surface area contributed by atoms with Crippen molar-refractivity contribution in [2.45, 2.75) is 23.9 Å². The maximum Gasteiger partial charge on any atom is 0.264 e. The van der Waals surface area contributed by atoms with Crippen molar-refractivity contribution in [1.29, 1.82) is 0 Å². The summed E-state index contributed by atoms with van der Waals surface area (Å²) in [6, 6.07) is 16.0. The number of hydrogen-bond donors (Lipinski definition) is 1. The molecule has 0 atom stereocenters. The maximum atomic E-state index is 12.0. The van der Waals surface area contributed by atoms with Gasteiger partial charge in [-0.1, -0.05) is 70.6 Å². The van der Waals surface area contributed by atoms with Gasteiger partial charge in [0, 0.05) is 5.75 Å². The van der Waals surface area contributed by atoms with E-state index in [-0.39, 0.29) is 12.5 Å². The molecule has 1 aromatic heterocycles. The van der Waals surface area contributed by atoms with Gasteiger partial charge in [-0.2, -0.15) is 0 Å². The van der Waals surface area contributed by atoms with Crippen LogP contribution in [0.2, 0.25) is 0 Å². The highest BCUT2D eigenvalue weighted by molar-refractivity contribution is 8.00. The molecule has 0 aliphatic rings. The molecule has 26 heavy (non-hydrogen) atoms. The van der Waals surface area contributed by atoms with Crippen molar-refractivity contribution >= 4 is 34.1 Å². The fourth-order valence-corrected chi connectivity index (χ4v) is 3.81. The molecule has 0 radical (unpaired) electrons. The van der Waals surface area contributed by atoms with Gasteiger partial charge in [0.05, 0.1) is 0 Å². The van der Waals surface area contributed by atoms with Crippen LogP contribution in [0.25, 0.3) is 0 Å². The molecule has 2 aromatic carbocycles. The third-order valence-electron chi connectivity index (χ3n) is 3.53. The molecule has 0 saturated heterocycles. The van der Waals surface area contributed by atoms with E-state index in [9.17, 15) is 4.79 Å². The van der Waals surface area contributed by atoms with Gasteiger partial charge in [0.25, 0.3) is 5.91 Å². The van der Waals surface area contributed by atoms with Gasteiger partial charge in [-0.25, -0.2) is 0 Å². The molecule has 1 N–H and O–H groups in total. The Morgan fingerprint density at radius 1 is 1.04 bits per heavy atom. The van der Waals surface area contributed by atoms with Crippen LogP contribution in [-0.4, -0.2) is 22.7 Å². The zero-order valence-corrected chi connectivity index (χ0v) is 16.2. The second kappa shape index (κ2) is 8.82. The van der Waals surface area contributed by atoms with Crippen LogP contribution in [0.3, 0.4) is 0 Å². The Bertz CT molecular complexity index is 861. The van der Waals surface area contributed by atoms with Crippen LogP contribution in [0.1, 0.15) is 16.7 Å².